The van der Waals surface area contributed by atoms with Crippen molar-refractivity contribution >= 4 is 33.4 Å². The fourth-order valence-corrected chi connectivity index (χ4v) is 8.13. The molecule has 1 aromatic carbocycles. The second-order valence-electron chi connectivity index (χ2n) is 9.99. The number of benzene rings is 1. The molecule has 2 atom stereocenters. The third kappa shape index (κ3) is 3.98. The van der Waals surface area contributed by atoms with E-state index in [2.05, 4.69) is 15.4 Å². The Bertz CT molecular complexity index is 994. The summed E-state index contributed by atoms with van der Waals surface area (Å²) in [5, 5.41) is 6.07. The fourth-order valence-electron chi connectivity index (χ4n) is 6.23. The highest BCUT2D eigenvalue weighted by molar-refractivity contribution is 7.89. The second-order valence-corrected chi connectivity index (χ2v) is 12.0. The van der Waals surface area contributed by atoms with Crippen molar-refractivity contribution in [3.05, 3.63) is 29.3 Å². The van der Waals surface area contributed by atoms with Gasteiger partial charge in [-0.2, -0.15) is 4.72 Å². The van der Waals surface area contributed by atoms with Crippen molar-refractivity contribution in [2.75, 3.05) is 7.05 Å². The van der Waals surface area contributed by atoms with Gasteiger partial charge in [0.15, 0.2) is 0 Å². The summed E-state index contributed by atoms with van der Waals surface area (Å²) < 4.78 is 28.2. The Hall–Kier alpha value is -1.64. The van der Waals surface area contributed by atoms with Gasteiger partial charge in [0.25, 0.3) is 0 Å². The van der Waals surface area contributed by atoms with E-state index < -0.39 is 15.6 Å². The van der Waals surface area contributed by atoms with Crippen LogP contribution >= 0.6 is 11.6 Å². The van der Waals surface area contributed by atoms with Crippen LogP contribution in [0.5, 0.6) is 0 Å². The highest BCUT2D eigenvalue weighted by Gasteiger charge is 2.58. The minimum absolute atomic E-state index is 0.0362. The molecule has 0 aliphatic heterocycles. The predicted octanol–water partition coefficient (Wildman–Crippen LogP) is 2.45. The molecule has 4 saturated carbocycles. The van der Waals surface area contributed by atoms with Crippen molar-refractivity contribution in [1.82, 2.24) is 15.4 Å². The number of hydrogen-bond donors (Lipinski definition) is 3. The Morgan fingerprint density at radius 3 is 2.29 bits per heavy atom. The van der Waals surface area contributed by atoms with Crippen molar-refractivity contribution in [2.24, 2.45) is 23.2 Å². The molecule has 170 valence electrons. The van der Waals surface area contributed by atoms with E-state index in [0.717, 1.165) is 32.1 Å². The molecule has 5 rings (SSSR count). The molecule has 4 fully saturated rings. The maximum Gasteiger partial charge on any atom is 0.243 e. The molecule has 3 N–H and O–H groups in total. The molecule has 1 aromatic rings. The number of carbonyl (C=O) groups is 2. The molecule has 2 amide bonds. The van der Waals surface area contributed by atoms with Gasteiger partial charge in [-0.15, -0.1) is 0 Å². The Balaban J connectivity index is 1.48. The zero-order valence-corrected chi connectivity index (χ0v) is 19.6. The summed E-state index contributed by atoms with van der Waals surface area (Å²) >= 11 is 6.05. The second kappa shape index (κ2) is 7.74. The number of rotatable bonds is 6. The third-order valence-corrected chi connectivity index (χ3v) is 9.52. The molecule has 4 aliphatic rings. The lowest BCUT2D eigenvalue weighted by Gasteiger charge is -2.59. The molecular weight excluding hydrogens is 438 g/mol. The zero-order chi connectivity index (χ0) is 22.6. The number of carbonyl (C=O) groups excluding carboxylic acids is 2. The first-order valence-corrected chi connectivity index (χ1v) is 12.7. The average molecular weight is 468 g/mol. The molecule has 7 nitrogen and oxygen atoms in total. The van der Waals surface area contributed by atoms with Crippen LogP contribution < -0.4 is 15.4 Å². The van der Waals surface area contributed by atoms with Crippen molar-refractivity contribution in [2.45, 2.75) is 62.4 Å². The summed E-state index contributed by atoms with van der Waals surface area (Å²) in [5.74, 6) is 0.751. The molecule has 0 heterocycles. The molecule has 0 spiro atoms. The van der Waals surface area contributed by atoms with Crippen LogP contribution in [0.1, 0.15) is 46.0 Å². The lowest BCUT2D eigenvalue weighted by molar-refractivity contribution is -0.150. The van der Waals surface area contributed by atoms with E-state index in [1.807, 2.05) is 0 Å². The van der Waals surface area contributed by atoms with Gasteiger partial charge in [0.05, 0.1) is 10.4 Å². The molecule has 0 radical (unpaired) electrons. The summed E-state index contributed by atoms with van der Waals surface area (Å²) in [6, 6.07) is 6.11. The number of nitrogens with one attached hydrogen (secondary N) is 3. The van der Waals surface area contributed by atoms with Crippen LogP contribution in [0.2, 0.25) is 5.02 Å². The Labute approximate surface area is 188 Å². The van der Waals surface area contributed by atoms with Crippen LogP contribution in [-0.4, -0.2) is 38.9 Å². The van der Waals surface area contributed by atoms with Gasteiger partial charge in [0, 0.05) is 13.1 Å². The van der Waals surface area contributed by atoms with Crippen molar-refractivity contribution < 1.29 is 18.0 Å². The first kappa shape index (κ1) is 22.6. The Morgan fingerprint density at radius 1 is 1.10 bits per heavy atom. The topological polar surface area (TPSA) is 104 Å². The maximum absolute atomic E-state index is 13.2. The normalized spacial score (nSPS) is 32.0. The lowest BCUT2D eigenvalue weighted by Crippen LogP contribution is -2.65. The molecule has 9 heteroatoms. The summed E-state index contributed by atoms with van der Waals surface area (Å²) in [4.78, 5) is 25.7. The van der Waals surface area contributed by atoms with Crippen LogP contribution in [-0.2, 0) is 19.6 Å². The minimum Gasteiger partial charge on any atom is -0.359 e. The Kier molecular flexibility index (Phi) is 5.63. The molecule has 4 aliphatic carbocycles. The Morgan fingerprint density at radius 2 is 1.71 bits per heavy atom. The smallest absolute Gasteiger partial charge is 0.243 e. The van der Waals surface area contributed by atoms with Crippen LogP contribution in [0.15, 0.2) is 29.2 Å². The van der Waals surface area contributed by atoms with Crippen LogP contribution in [0.3, 0.4) is 0 Å². The van der Waals surface area contributed by atoms with Gasteiger partial charge in [-0.25, -0.2) is 8.42 Å². The van der Waals surface area contributed by atoms with Gasteiger partial charge < -0.3 is 10.6 Å². The van der Waals surface area contributed by atoms with Crippen LogP contribution in [0, 0.1) is 23.2 Å². The summed E-state index contributed by atoms with van der Waals surface area (Å²) in [6.45, 7) is 3.11. The number of hydrogen-bond acceptors (Lipinski definition) is 4. The summed E-state index contributed by atoms with van der Waals surface area (Å²) in [7, 11) is -2.29. The molecule has 31 heavy (non-hydrogen) atoms. The maximum atomic E-state index is 13.2. The van der Waals surface area contributed by atoms with Gasteiger partial charge >= 0.3 is 0 Å². The molecule has 2 unspecified atom stereocenters. The van der Waals surface area contributed by atoms with Crippen LogP contribution in [0.4, 0.5) is 0 Å². The molecule has 0 saturated heterocycles. The highest BCUT2D eigenvalue weighted by Crippen LogP contribution is 2.60. The van der Waals surface area contributed by atoms with E-state index >= 15 is 0 Å². The van der Waals surface area contributed by atoms with E-state index in [1.54, 1.807) is 33.0 Å². The van der Waals surface area contributed by atoms with Gasteiger partial charge in [-0.3, -0.25) is 9.59 Å². The molecule has 4 bridgehead atoms. The zero-order valence-electron chi connectivity index (χ0n) is 18.1. The first-order chi connectivity index (χ1) is 14.5. The standard InChI is InChI=1S/C22H30ClN3O4S/c1-21(2,26-31(29,30)17-7-5-4-6-16(17)23)19(27)25-18-14-8-13-9-15(18)12-22(10-13,11-14)20(28)24-3/h4-7,13-15,18,26H,8-12H2,1-3H3,(H,24,28)(H,25,27). The van der Waals surface area contributed by atoms with Crippen LogP contribution in [0.25, 0.3) is 0 Å². The van der Waals surface area contributed by atoms with E-state index in [0.29, 0.717) is 5.92 Å². The van der Waals surface area contributed by atoms with Gasteiger partial charge in [0.2, 0.25) is 21.8 Å². The monoisotopic (exact) mass is 467 g/mol. The van der Waals surface area contributed by atoms with Gasteiger partial charge in [-0.05, 0) is 75.8 Å². The quantitative estimate of drug-likeness (QED) is 0.597. The van der Waals surface area contributed by atoms with Gasteiger partial charge in [0.1, 0.15) is 10.4 Å². The summed E-state index contributed by atoms with van der Waals surface area (Å²) in [6.07, 6.45) is 4.49. The van der Waals surface area contributed by atoms with E-state index in [4.69, 9.17) is 11.6 Å². The average Bonchev–Trinajstić information content (AvgIpc) is 2.68. The van der Waals surface area contributed by atoms with E-state index in [1.165, 1.54) is 12.1 Å². The van der Waals surface area contributed by atoms with E-state index in [9.17, 15) is 18.0 Å². The minimum atomic E-state index is -3.97. The molecule has 0 aromatic heterocycles. The number of sulfonamides is 1. The number of amides is 2. The SMILES string of the molecule is CNC(=O)C12CC3CC(C1)C(NC(=O)C(C)(C)NS(=O)(=O)c1ccccc1Cl)C(C3)C2. The summed E-state index contributed by atoms with van der Waals surface area (Å²) in [5.41, 5.74) is -1.67. The van der Waals surface area contributed by atoms with Gasteiger partial charge in [-0.1, -0.05) is 23.7 Å². The van der Waals surface area contributed by atoms with E-state index in [-0.39, 0.29) is 45.0 Å². The number of halogens is 1. The lowest BCUT2D eigenvalue weighted by atomic mass is 9.47. The molecular formula is C22H30ClN3O4S. The third-order valence-electron chi connectivity index (χ3n) is 7.36. The largest absolute Gasteiger partial charge is 0.359 e. The van der Waals surface area contributed by atoms with Crippen molar-refractivity contribution in [1.29, 1.82) is 0 Å². The van der Waals surface area contributed by atoms with Crippen molar-refractivity contribution in [3.63, 3.8) is 0 Å². The predicted molar refractivity (Wildman–Crippen MR) is 118 cm³/mol. The fraction of sp³-hybridized carbons (Fsp3) is 0.636. The van der Waals surface area contributed by atoms with Crippen molar-refractivity contribution in [3.8, 4) is 0 Å². The first-order valence-electron chi connectivity index (χ1n) is 10.8. The highest BCUT2D eigenvalue weighted by atomic mass is 35.5.